The number of hydrogen-bond donors (Lipinski definition) is 2. The summed E-state index contributed by atoms with van der Waals surface area (Å²) in [5, 5.41) is 5.47. The lowest BCUT2D eigenvalue weighted by Gasteiger charge is -2.12. The molecule has 4 rings (SSSR count). The van der Waals surface area contributed by atoms with E-state index in [1.165, 1.54) is 24.1 Å². The van der Waals surface area contributed by atoms with Crippen molar-refractivity contribution in [2.24, 2.45) is 0 Å². The maximum atomic E-state index is 13.1. The molecule has 0 spiro atoms. The van der Waals surface area contributed by atoms with E-state index in [1.807, 2.05) is 6.07 Å². The summed E-state index contributed by atoms with van der Waals surface area (Å²) in [6.07, 6.45) is 2.94. The number of ether oxygens (including phenoxy) is 1. The first-order valence-corrected chi connectivity index (χ1v) is 12.3. The van der Waals surface area contributed by atoms with Gasteiger partial charge in [-0.05, 0) is 66.7 Å². The number of furan rings is 1. The molecule has 0 aliphatic carbocycles. The molecule has 0 fully saturated rings. The minimum Gasteiger partial charge on any atom is -0.497 e. The van der Waals surface area contributed by atoms with Crippen molar-refractivity contribution in [3.05, 3.63) is 120 Å². The van der Waals surface area contributed by atoms with Gasteiger partial charge in [-0.25, -0.2) is 0 Å². The topological polar surface area (TPSA) is 97.6 Å². The number of nitrogens with one attached hydrogen (secondary N) is 2. The SMILES string of the molecule is COc1ccc(C(=O)CSc2cccc(NC(=O)/C(=C/c3ccco3)NC(=O)c3ccccc3)c2)cc1. The minimum absolute atomic E-state index is 0.0191. The molecule has 4 aromatic rings. The molecule has 0 saturated carbocycles. The van der Waals surface area contributed by atoms with Crippen molar-refractivity contribution in [1.82, 2.24) is 5.32 Å². The number of rotatable bonds is 10. The van der Waals surface area contributed by atoms with E-state index in [-0.39, 0.29) is 17.2 Å². The smallest absolute Gasteiger partial charge is 0.272 e. The zero-order chi connectivity index (χ0) is 26.0. The number of Topliss-reactive ketones (excluding diaryl/α,β-unsaturated/α-hetero) is 1. The molecule has 37 heavy (non-hydrogen) atoms. The lowest BCUT2D eigenvalue weighted by atomic mass is 10.1. The van der Waals surface area contributed by atoms with Crippen molar-refractivity contribution < 1.29 is 23.5 Å². The molecule has 0 atom stereocenters. The van der Waals surface area contributed by atoms with Crippen molar-refractivity contribution in [3.63, 3.8) is 0 Å². The Morgan fingerprint density at radius 3 is 2.38 bits per heavy atom. The van der Waals surface area contributed by atoms with Crippen LogP contribution in [0.15, 0.2) is 112 Å². The first-order chi connectivity index (χ1) is 18.0. The van der Waals surface area contributed by atoms with Crippen molar-refractivity contribution in [2.45, 2.75) is 4.90 Å². The second-order valence-electron chi connectivity index (χ2n) is 7.82. The number of anilines is 1. The number of ketones is 1. The Morgan fingerprint density at radius 2 is 1.68 bits per heavy atom. The van der Waals surface area contributed by atoms with Crippen LogP contribution < -0.4 is 15.4 Å². The van der Waals surface area contributed by atoms with Gasteiger partial charge < -0.3 is 19.8 Å². The third-order valence-corrected chi connectivity index (χ3v) is 6.23. The van der Waals surface area contributed by atoms with Crippen LogP contribution in [0.2, 0.25) is 0 Å². The summed E-state index contributed by atoms with van der Waals surface area (Å²) in [5.74, 6) is 0.384. The molecule has 0 aliphatic rings. The molecule has 2 N–H and O–H groups in total. The van der Waals surface area contributed by atoms with E-state index in [1.54, 1.807) is 92.0 Å². The normalized spacial score (nSPS) is 11.0. The van der Waals surface area contributed by atoms with Crippen LogP contribution in [-0.4, -0.2) is 30.5 Å². The molecule has 1 aromatic heterocycles. The number of hydrogen-bond acceptors (Lipinski definition) is 6. The average molecular weight is 513 g/mol. The van der Waals surface area contributed by atoms with Crippen LogP contribution in [0.1, 0.15) is 26.5 Å². The van der Waals surface area contributed by atoms with E-state index in [9.17, 15) is 14.4 Å². The monoisotopic (exact) mass is 512 g/mol. The third kappa shape index (κ3) is 7.22. The molecule has 0 aliphatic heterocycles. The summed E-state index contributed by atoms with van der Waals surface area (Å²) in [5.41, 5.74) is 1.56. The van der Waals surface area contributed by atoms with Gasteiger partial charge in [0.15, 0.2) is 5.78 Å². The Balaban J connectivity index is 1.43. The predicted molar refractivity (Wildman–Crippen MR) is 144 cm³/mol. The van der Waals surface area contributed by atoms with Crippen molar-refractivity contribution in [2.75, 3.05) is 18.2 Å². The average Bonchev–Trinajstić information content (AvgIpc) is 3.45. The molecule has 2 amide bonds. The Morgan fingerprint density at radius 1 is 0.892 bits per heavy atom. The van der Waals surface area contributed by atoms with Gasteiger partial charge in [-0.2, -0.15) is 0 Å². The van der Waals surface area contributed by atoms with E-state index in [0.29, 0.717) is 28.3 Å². The van der Waals surface area contributed by atoms with E-state index in [0.717, 1.165) is 4.90 Å². The standard InChI is InChI=1S/C29H24N2O5S/c1-35-23-14-12-20(13-15-23)27(32)19-37-25-11-5-9-22(17-25)30-29(34)26(18-24-10-6-16-36-24)31-28(33)21-7-3-2-4-8-21/h2-18H,19H2,1H3,(H,30,34)(H,31,33)/b26-18-. The Bertz CT molecular complexity index is 1400. The van der Waals surface area contributed by atoms with Gasteiger partial charge in [-0.1, -0.05) is 24.3 Å². The van der Waals surface area contributed by atoms with E-state index >= 15 is 0 Å². The van der Waals surface area contributed by atoms with Gasteiger partial charge in [0.1, 0.15) is 17.2 Å². The number of carbonyl (C=O) groups excluding carboxylic acids is 3. The lowest BCUT2D eigenvalue weighted by Crippen LogP contribution is -2.30. The predicted octanol–water partition coefficient (Wildman–Crippen LogP) is 5.67. The number of benzene rings is 3. The molecular weight excluding hydrogens is 488 g/mol. The van der Waals surface area contributed by atoms with E-state index in [4.69, 9.17) is 9.15 Å². The van der Waals surface area contributed by atoms with Gasteiger partial charge in [0.25, 0.3) is 11.8 Å². The van der Waals surface area contributed by atoms with Gasteiger partial charge >= 0.3 is 0 Å². The number of methoxy groups -OCH3 is 1. The van der Waals surface area contributed by atoms with Gasteiger partial charge in [-0.15, -0.1) is 11.8 Å². The second kappa shape index (κ2) is 12.4. The fraction of sp³-hybridized carbons (Fsp3) is 0.0690. The number of thioether (sulfide) groups is 1. The molecule has 0 bridgehead atoms. The Labute approximate surface area is 218 Å². The fourth-order valence-electron chi connectivity index (χ4n) is 3.33. The van der Waals surface area contributed by atoms with E-state index < -0.39 is 11.8 Å². The first-order valence-electron chi connectivity index (χ1n) is 11.3. The fourth-order valence-corrected chi connectivity index (χ4v) is 4.18. The van der Waals surface area contributed by atoms with Crippen LogP contribution in [0, 0.1) is 0 Å². The maximum Gasteiger partial charge on any atom is 0.272 e. The molecule has 0 radical (unpaired) electrons. The summed E-state index contributed by atoms with van der Waals surface area (Å²) in [7, 11) is 1.57. The molecule has 3 aromatic carbocycles. The molecule has 7 nitrogen and oxygen atoms in total. The minimum atomic E-state index is -0.517. The van der Waals surface area contributed by atoms with Crippen molar-refractivity contribution in [1.29, 1.82) is 0 Å². The summed E-state index contributed by atoms with van der Waals surface area (Å²) in [6, 6.07) is 26.1. The van der Waals surface area contributed by atoms with Crippen LogP contribution in [0.25, 0.3) is 6.08 Å². The summed E-state index contributed by atoms with van der Waals surface area (Å²) in [4.78, 5) is 39.2. The summed E-state index contributed by atoms with van der Waals surface area (Å²) < 4.78 is 10.5. The highest BCUT2D eigenvalue weighted by Crippen LogP contribution is 2.24. The second-order valence-corrected chi connectivity index (χ2v) is 8.86. The van der Waals surface area contributed by atoms with Crippen LogP contribution in [0.4, 0.5) is 5.69 Å². The highest BCUT2D eigenvalue weighted by atomic mass is 32.2. The van der Waals surface area contributed by atoms with Gasteiger partial charge in [0.05, 0.1) is 19.1 Å². The van der Waals surface area contributed by atoms with Crippen molar-refractivity contribution in [3.8, 4) is 5.75 Å². The Kier molecular flexibility index (Phi) is 8.57. The molecular formula is C29H24N2O5S. The molecule has 0 unspecified atom stereocenters. The van der Waals surface area contributed by atoms with Crippen LogP contribution in [0.3, 0.4) is 0 Å². The number of amides is 2. The highest BCUT2D eigenvalue weighted by molar-refractivity contribution is 8.00. The van der Waals surface area contributed by atoms with Crippen LogP contribution in [0.5, 0.6) is 5.75 Å². The zero-order valence-electron chi connectivity index (χ0n) is 20.0. The molecule has 1 heterocycles. The van der Waals surface area contributed by atoms with Gasteiger partial charge in [0, 0.05) is 27.8 Å². The lowest BCUT2D eigenvalue weighted by molar-refractivity contribution is -0.113. The third-order valence-electron chi connectivity index (χ3n) is 5.23. The zero-order valence-corrected chi connectivity index (χ0v) is 20.8. The first kappa shape index (κ1) is 25.5. The van der Waals surface area contributed by atoms with Crippen LogP contribution in [-0.2, 0) is 4.79 Å². The summed E-state index contributed by atoms with van der Waals surface area (Å²) >= 11 is 1.36. The highest BCUT2D eigenvalue weighted by Gasteiger charge is 2.16. The molecule has 8 heteroatoms. The van der Waals surface area contributed by atoms with Crippen molar-refractivity contribution >= 4 is 41.1 Å². The largest absolute Gasteiger partial charge is 0.497 e. The maximum absolute atomic E-state index is 13.1. The van der Waals surface area contributed by atoms with E-state index in [2.05, 4.69) is 10.6 Å². The van der Waals surface area contributed by atoms with Crippen LogP contribution >= 0.6 is 11.8 Å². The quantitative estimate of drug-likeness (QED) is 0.161. The van der Waals surface area contributed by atoms with Gasteiger partial charge in [-0.3, -0.25) is 14.4 Å². The summed E-state index contributed by atoms with van der Waals surface area (Å²) in [6.45, 7) is 0. The number of carbonyl (C=O) groups is 3. The molecule has 186 valence electrons. The molecule has 0 saturated heterocycles. The van der Waals surface area contributed by atoms with Gasteiger partial charge in [0.2, 0.25) is 0 Å². The Hall–Kier alpha value is -4.56.